The number of esters is 1. The molecule has 0 fully saturated rings. The van der Waals surface area contributed by atoms with Crippen molar-refractivity contribution in [3.8, 4) is 0 Å². The lowest BCUT2D eigenvalue weighted by atomic mass is 10.2. The van der Waals surface area contributed by atoms with Crippen molar-refractivity contribution in [1.82, 2.24) is 0 Å². The van der Waals surface area contributed by atoms with Gasteiger partial charge in [0.25, 0.3) is 11.7 Å². The maximum Gasteiger partial charge on any atom is 0.454 e. The van der Waals surface area contributed by atoms with Crippen LogP contribution in [0.15, 0.2) is 54.7 Å². The van der Waals surface area contributed by atoms with Crippen LogP contribution in [-0.2, 0) is 14.3 Å². The SMILES string of the molecule is O=C(COC(=O)c1ccccc1N/C=C/C(=O)C(F)(F)F)Nc1ccc(Cl)cc1F. The Morgan fingerprint density at radius 1 is 1.07 bits per heavy atom. The number of amides is 1. The molecule has 2 rings (SSSR count). The molecule has 2 N–H and O–H groups in total. The third-order valence-electron chi connectivity index (χ3n) is 3.44. The van der Waals surface area contributed by atoms with E-state index < -0.39 is 36.3 Å². The van der Waals surface area contributed by atoms with Crippen molar-refractivity contribution >= 4 is 40.6 Å². The van der Waals surface area contributed by atoms with E-state index in [9.17, 15) is 31.9 Å². The average molecular weight is 445 g/mol. The molecule has 158 valence electrons. The minimum Gasteiger partial charge on any atom is -0.452 e. The highest BCUT2D eigenvalue weighted by Gasteiger charge is 2.36. The Hall–Kier alpha value is -3.40. The van der Waals surface area contributed by atoms with Gasteiger partial charge in [-0.2, -0.15) is 13.2 Å². The zero-order valence-electron chi connectivity index (χ0n) is 14.9. The molecule has 0 heterocycles. The number of para-hydroxylation sites is 1. The quantitative estimate of drug-likeness (QED) is 0.377. The smallest absolute Gasteiger partial charge is 0.452 e. The van der Waals surface area contributed by atoms with Crippen LogP contribution in [0.25, 0.3) is 0 Å². The molecule has 0 saturated carbocycles. The monoisotopic (exact) mass is 444 g/mol. The van der Waals surface area contributed by atoms with Crippen LogP contribution in [0.1, 0.15) is 10.4 Å². The highest BCUT2D eigenvalue weighted by Crippen LogP contribution is 2.20. The van der Waals surface area contributed by atoms with Gasteiger partial charge in [-0.05, 0) is 30.3 Å². The molecule has 0 bridgehead atoms. The summed E-state index contributed by atoms with van der Waals surface area (Å²) in [6, 6.07) is 9.14. The Morgan fingerprint density at radius 2 is 1.77 bits per heavy atom. The standard InChI is InChI=1S/C19H13ClF4N2O4/c20-11-5-6-15(13(21)9-11)26-17(28)10-30-18(29)12-3-1-2-4-14(12)25-8-7-16(27)19(22,23)24/h1-9,25H,10H2,(H,26,28)/b8-7+. The number of ether oxygens (including phenoxy) is 1. The molecule has 0 aromatic heterocycles. The highest BCUT2D eigenvalue weighted by atomic mass is 35.5. The van der Waals surface area contributed by atoms with Crippen molar-refractivity contribution in [2.24, 2.45) is 0 Å². The third-order valence-corrected chi connectivity index (χ3v) is 3.67. The molecule has 2 aromatic carbocycles. The first-order valence-electron chi connectivity index (χ1n) is 8.13. The topological polar surface area (TPSA) is 84.5 Å². The van der Waals surface area contributed by atoms with Crippen molar-refractivity contribution in [2.45, 2.75) is 6.18 Å². The van der Waals surface area contributed by atoms with E-state index in [1.165, 1.54) is 36.4 Å². The van der Waals surface area contributed by atoms with Crippen molar-refractivity contribution in [2.75, 3.05) is 17.2 Å². The fourth-order valence-corrected chi connectivity index (χ4v) is 2.23. The number of hydrogen-bond donors (Lipinski definition) is 2. The molecule has 30 heavy (non-hydrogen) atoms. The number of carbonyl (C=O) groups is 3. The average Bonchev–Trinajstić information content (AvgIpc) is 2.68. The minimum atomic E-state index is -5.02. The summed E-state index contributed by atoms with van der Waals surface area (Å²) >= 11 is 5.61. The molecule has 1 amide bonds. The molecule has 0 aliphatic heterocycles. The Labute approximate surface area is 172 Å². The van der Waals surface area contributed by atoms with Gasteiger partial charge in [0, 0.05) is 17.3 Å². The van der Waals surface area contributed by atoms with E-state index in [4.69, 9.17) is 16.3 Å². The van der Waals surface area contributed by atoms with Crippen molar-refractivity contribution in [3.63, 3.8) is 0 Å². The molecule has 0 spiro atoms. The second-order valence-corrected chi connectivity index (χ2v) is 6.07. The van der Waals surface area contributed by atoms with Gasteiger partial charge in [-0.3, -0.25) is 9.59 Å². The van der Waals surface area contributed by atoms with Gasteiger partial charge in [-0.15, -0.1) is 0 Å². The molecular formula is C19H13ClF4N2O4. The summed E-state index contributed by atoms with van der Waals surface area (Å²) in [4.78, 5) is 34.9. The molecule has 0 aliphatic rings. The van der Waals surface area contributed by atoms with Crippen LogP contribution >= 0.6 is 11.6 Å². The van der Waals surface area contributed by atoms with Crippen LogP contribution in [0.3, 0.4) is 0 Å². The Kier molecular flexibility index (Phi) is 7.54. The van der Waals surface area contributed by atoms with E-state index in [1.807, 2.05) is 0 Å². The van der Waals surface area contributed by atoms with Gasteiger partial charge in [-0.25, -0.2) is 9.18 Å². The number of alkyl halides is 3. The van der Waals surface area contributed by atoms with Gasteiger partial charge in [0.2, 0.25) is 0 Å². The summed E-state index contributed by atoms with van der Waals surface area (Å²) in [6.07, 6.45) is -4.04. The second kappa shape index (κ2) is 9.88. The number of rotatable bonds is 7. The maximum atomic E-state index is 13.7. The van der Waals surface area contributed by atoms with Crippen molar-refractivity contribution in [1.29, 1.82) is 0 Å². The van der Waals surface area contributed by atoms with Crippen LogP contribution in [0, 0.1) is 5.82 Å². The first-order chi connectivity index (χ1) is 14.1. The minimum absolute atomic E-state index is 0.0397. The summed E-state index contributed by atoms with van der Waals surface area (Å²) in [5.74, 6) is -4.66. The molecule has 6 nitrogen and oxygen atoms in total. The first-order valence-corrected chi connectivity index (χ1v) is 8.51. The summed E-state index contributed by atoms with van der Waals surface area (Å²) in [5.41, 5.74) is -0.230. The molecule has 0 radical (unpaired) electrons. The molecule has 0 atom stereocenters. The fraction of sp³-hybridized carbons (Fsp3) is 0.105. The largest absolute Gasteiger partial charge is 0.454 e. The van der Waals surface area contributed by atoms with E-state index in [1.54, 1.807) is 0 Å². The molecule has 2 aromatic rings. The first kappa shape index (κ1) is 22.9. The zero-order valence-corrected chi connectivity index (χ0v) is 15.7. The Morgan fingerprint density at radius 3 is 2.43 bits per heavy atom. The third kappa shape index (κ3) is 6.59. The lowest BCUT2D eigenvalue weighted by molar-refractivity contribution is -0.165. The predicted octanol–water partition coefficient (Wildman–Crippen LogP) is 4.33. The molecule has 0 aliphatic carbocycles. The molecular weight excluding hydrogens is 432 g/mol. The number of hydrogen-bond acceptors (Lipinski definition) is 5. The summed E-state index contributed by atoms with van der Waals surface area (Å²) in [6.45, 7) is -0.752. The normalized spacial score (nSPS) is 11.2. The summed E-state index contributed by atoms with van der Waals surface area (Å²) in [7, 11) is 0. The van der Waals surface area contributed by atoms with Crippen LogP contribution in [-0.4, -0.2) is 30.4 Å². The lowest BCUT2D eigenvalue weighted by Crippen LogP contribution is -2.22. The van der Waals surface area contributed by atoms with E-state index in [-0.39, 0.29) is 28.0 Å². The summed E-state index contributed by atoms with van der Waals surface area (Å²) < 4.78 is 55.1. The van der Waals surface area contributed by atoms with E-state index in [2.05, 4.69) is 10.6 Å². The molecule has 0 unspecified atom stereocenters. The van der Waals surface area contributed by atoms with E-state index >= 15 is 0 Å². The highest BCUT2D eigenvalue weighted by molar-refractivity contribution is 6.30. The van der Waals surface area contributed by atoms with E-state index in [0.29, 0.717) is 0 Å². The Bertz CT molecular complexity index is 993. The molecule has 0 saturated heterocycles. The van der Waals surface area contributed by atoms with Crippen LogP contribution in [0.2, 0.25) is 5.02 Å². The second-order valence-electron chi connectivity index (χ2n) is 5.63. The predicted molar refractivity (Wildman–Crippen MR) is 101 cm³/mol. The number of carbonyl (C=O) groups excluding carboxylic acids is 3. The number of benzene rings is 2. The van der Waals surface area contributed by atoms with Gasteiger partial charge in [0.15, 0.2) is 6.61 Å². The number of nitrogens with one attached hydrogen (secondary N) is 2. The van der Waals surface area contributed by atoms with E-state index in [0.717, 1.165) is 12.3 Å². The maximum absolute atomic E-state index is 13.7. The van der Waals surface area contributed by atoms with Crippen LogP contribution in [0.4, 0.5) is 28.9 Å². The van der Waals surface area contributed by atoms with Crippen molar-refractivity contribution in [3.05, 3.63) is 71.1 Å². The van der Waals surface area contributed by atoms with Crippen LogP contribution in [0.5, 0.6) is 0 Å². The summed E-state index contributed by atoms with van der Waals surface area (Å²) in [5, 5.41) is 4.70. The van der Waals surface area contributed by atoms with Gasteiger partial charge >= 0.3 is 12.1 Å². The fourth-order valence-electron chi connectivity index (χ4n) is 2.07. The number of anilines is 2. The Balaban J connectivity index is 1.98. The van der Waals surface area contributed by atoms with Gasteiger partial charge < -0.3 is 15.4 Å². The molecule has 11 heteroatoms. The van der Waals surface area contributed by atoms with Crippen LogP contribution < -0.4 is 10.6 Å². The number of allylic oxidation sites excluding steroid dienone is 1. The number of ketones is 1. The lowest BCUT2D eigenvalue weighted by Gasteiger charge is -2.10. The van der Waals surface area contributed by atoms with Gasteiger partial charge in [-0.1, -0.05) is 23.7 Å². The number of halogens is 5. The van der Waals surface area contributed by atoms with Crippen molar-refractivity contribution < 1.29 is 36.7 Å². The van der Waals surface area contributed by atoms with Gasteiger partial charge in [0.1, 0.15) is 5.82 Å². The zero-order chi connectivity index (χ0) is 22.3. The van der Waals surface area contributed by atoms with Gasteiger partial charge in [0.05, 0.1) is 16.9 Å².